The van der Waals surface area contributed by atoms with Gasteiger partial charge in [0.25, 0.3) is 0 Å². The molecule has 0 bridgehead atoms. The smallest absolute Gasteiger partial charge is 0.226 e. The maximum atomic E-state index is 12.8. The zero-order valence-corrected chi connectivity index (χ0v) is 20.7. The Balaban J connectivity index is 0.00000432. The first-order valence-corrected chi connectivity index (χ1v) is 11.4. The molecule has 3 rings (SSSR count). The van der Waals surface area contributed by atoms with Crippen LogP contribution >= 0.6 is 0 Å². The van der Waals surface area contributed by atoms with Gasteiger partial charge in [-0.05, 0) is 31.9 Å². The Kier molecular flexibility index (Phi) is 8.02. The highest BCUT2D eigenvalue weighted by Gasteiger charge is 2.44. The summed E-state index contributed by atoms with van der Waals surface area (Å²) in [6, 6.07) is 12.0. The molecule has 1 amide bonds. The van der Waals surface area contributed by atoms with Crippen molar-refractivity contribution < 1.29 is 15.7 Å². The second-order valence-electron chi connectivity index (χ2n) is 8.90. The zero-order valence-electron chi connectivity index (χ0n) is 20.7. The molecule has 1 aliphatic heterocycles. The van der Waals surface area contributed by atoms with Crippen LogP contribution in [0.2, 0.25) is 0 Å². The molecule has 34 heavy (non-hydrogen) atoms. The van der Waals surface area contributed by atoms with E-state index in [0.717, 1.165) is 28.9 Å². The number of ether oxygens (including phenoxy) is 2. The van der Waals surface area contributed by atoms with E-state index in [1.807, 2.05) is 57.3 Å². The first-order valence-electron chi connectivity index (χ1n) is 11.4. The number of hydrogen-bond acceptors (Lipinski definition) is 6. The van der Waals surface area contributed by atoms with Crippen LogP contribution in [0.3, 0.4) is 0 Å². The summed E-state index contributed by atoms with van der Waals surface area (Å²) in [5, 5.41) is 2.76. The van der Waals surface area contributed by atoms with Crippen molar-refractivity contribution in [1.29, 1.82) is 0 Å². The van der Waals surface area contributed by atoms with Gasteiger partial charge in [-0.3, -0.25) is 9.69 Å². The first-order chi connectivity index (χ1) is 16.3. The van der Waals surface area contributed by atoms with Gasteiger partial charge in [0.15, 0.2) is 0 Å². The fraction of sp³-hybridized carbons (Fsp3) is 0.370. The van der Waals surface area contributed by atoms with Gasteiger partial charge in [-0.15, -0.1) is 0 Å². The van der Waals surface area contributed by atoms with Gasteiger partial charge in [0, 0.05) is 31.1 Å². The Morgan fingerprint density at radius 1 is 1.32 bits per heavy atom. The van der Waals surface area contributed by atoms with E-state index in [9.17, 15) is 4.79 Å². The lowest BCUT2D eigenvalue weighted by molar-refractivity contribution is -0.129. The lowest BCUT2D eigenvalue weighted by Crippen LogP contribution is -2.41. The van der Waals surface area contributed by atoms with Crippen LogP contribution in [0.4, 0.5) is 0 Å². The third kappa shape index (κ3) is 5.11. The van der Waals surface area contributed by atoms with Gasteiger partial charge < -0.3 is 14.8 Å². The number of aromatic nitrogens is 1. The van der Waals surface area contributed by atoms with Gasteiger partial charge in [0.1, 0.15) is 0 Å². The van der Waals surface area contributed by atoms with Gasteiger partial charge in [-0.1, -0.05) is 63.8 Å². The summed E-state index contributed by atoms with van der Waals surface area (Å²) in [5.74, 6) is 0.304. The monoisotopic (exact) mass is 464 g/mol. The van der Waals surface area contributed by atoms with Crippen molar-refractivity contribution in [1.82, 2.24) is 15.2 Å². The minimum atomic E-state index is -0.788. The van der Waals surface area contributed by atoms with Crippen molar-refractivity contribution in [2.45, 2.75) is 33.3 Å². The van der Waals surface area contributed by atoms with Crippen molar-refractivity contribution in [3.63, 3.8) is 0 Å². The number of carbonyl (C=O) groups is 1. The summed E-state index contributed by atoms with van der Waals surface area (Å²) < 4.78 is 11.7. The van der Waals surface area contributed by atoms with Crippen molar-refractivity contribution in [3.8, 4) is 17.1 Å². The molecule has 0 spiro atoms. The number of pyridine rings is 1. The number of hydrogen-bond donors (Lipinski definition) is 1. The molecule has 0 radical (unpaired) electrons. The van der Waals surface area contributed by atoms with Crippen LogP contribution in [-0.4, -0.2) is 49.9 Å². The topological polar surface area (TPSA) is 76.1 Å². The minimum Gasteiger partial charge on any atom is -0.420 e. The van der Waals surface area contributed by atoms with Gasteiger partial charge in [-0.25, -0.2) is 9.98 Å². The summed E-state index contributed by atoms with van der Waals surface area (Å²) in [4.78, 5) is 23.7. The SMILES string of the molecule is C=CC1=C(N=C)Oc2nc(-c3ccc(COCN(C)CC)cc3)ccc2C1C(C)(C)C(=O)NC.[HH]. The molecule has 0 fully saturated rings. The van der Waals surface area contributed by atoms with E-state index in [1.165, 1.54) is 0 Å². The standard InChI is InChI=1S/C27H34N4O3.H2/c1-8-20-23(27(3,4)26(32)29-6)21-14-15-22(30-25(21)34-24(20)28-5)19-12-10-18(11-13-19)16-33-17-31(7)9-2;/h8,10-15,23H,1,5,9,16-17H2,2-4,6-7H3,(H,29,32);1H. The van der Waals surface area contributed by atoms with Crippen LogP contribution in [0.25, 0.3) is 11.3 Å². The van der Waals surface area contributed by atoms with Crippen LogP contribution in [0, 0.1) is 5.41 Å². The molecule has 0 saturated carbocycles. The summed E-state index contributed by atoms with van der Waals surface area (Å²) in [5.41, 5.74) is 3.54. The molecule has 0 saturated heterocycles. The Morgan fingerprint density at radius 2 is 2.03 bits per heavy atom. The lowest BCUT2D eigenvalue weighted by atomic mass is 9.69. The van der Waals surface area contributed by atoms with Crippen molar-refractivity contribution in [2.24, 2.45) is 10.4 Å². The van der Waals surface area contributed by atoms with Crippen LogP contribution in [0.5, 0.6) is 5.88 Å². The molecule has 1 N–H and O–H groups in total. The number of amides is 1. The largest absolute Gasteiger partial charge is 0.420 e. The van der Waals surface area contributed by atoms with E-state index in [-0.39, 0.29) is 13.3 Å². The average molecular weight is 465 g/mol. The Hall–Kier alpha value is -3.29. The predicted molar refractivity (Wildman–Crippen MR) is 138 cm³/mol. The third-order valence-corrected chi connectivity index (χ3v) is 6.22. The third-order valence-electron chi connectivity index (χ3n) is 6.22. The quantitative estimate of drug-likeness (QED) is 0.405. The molecule has 7 nitrogen and oxygen atoms in total. The maximum absolute atomic E-state index is 12.8. The highest BCUT2D eigenvalue weighted by molar-refractivity contribution is 5.84. The number of benzene rings is 1. The van der Waals surface area contributed by atoms with E-state index < -0.39 is 5.41 Å². The Labute approximate surface area is 203 Å². The molecule has 1 unspecified atom stereocenters. The van der Waals surface area contributed by atoms with E-state index in [4.69, 9.17) is 14.5 Å². The second kappa shape index (κ2) is 10.8. The number of allylic oxidation sites excluding steroid dienone is 2. The summed E-state index contributed by atoms with van der Waals surface area (Å²) in [6.45, 7) is 15.5. The van der Waals surface area contributed by atoms with Gasteiger partial charge >= 0.3 is 0 Å². The highest BCUT2D eigenvalue weighted by atomic mass is 16.5. The number of nitrogens with zero attached hydrogens (tertiary/aromatic N) is 3. The first kappa shape index (κ1) is 25.3. The van der Waals surface area contributed by atoms with Crippen LogP contribution in [0.1, 0.15) is 39.2 Å². The van der Waals surface area contributed by atoms with Crippen LogP contribution in [-0.2, 0) is 16.1 Å². The van der Waals surface area contributed by atoms with Gasteiger partial charge in [0.2, 0.25) is 17.7 Å². The summed E-state index contributed by atoms with van der Waals surface area (Å²) in [6.07, 6.45) is 1.68. The normalized spacial score (nSPS) is 15.5. The molecule has 2 heterocycles. The molecule has 2 aromatic rings. The average Bonchev–Trinajstić information content (AvgIpc) is 2.86. The fourth-order valence-electron chi connectivity index (χ4n) is 4.10. The molecular weight excluding hydrogens is 428 g/mol. The molecule has 7 heteroatoms. The zero-order chi connectivity index (χ0) is 24.9. The maximum Gasteiger partial charge on any atom is 0.226 e. The van der Waals surface area contributed by atoms with Gasteiger partial charge in [0.05, 0.1) is 24.4 Å². The predicted octanol–water partition coefficient (Wildman–Crippen LogP) is 4.77. The second-order valence-corrected chi connectivity index (χ2v) is 8.90. The number of fused-ring (bicyclic) bond motifs is 1. The number of nitrogens with one attached hydrogen (secondary N) is 1. The summed E-state index contributed by atoms with van der Waals surface area (Å²) >= 11 is 0. The van der Waals surface area contributed by atoms with E-state index >= 15 is 0 Å². The summed E-state index contributed by atoms with van der Waals surface area (Å²) in [7, 11) is 3.65. The molecule has 1 aliphatic rings. The fourth-order valence-corrected chi connectivity index (χ4v) is 4.10. The molecule has 182 valence electrons. The van der Waals surface area contributed by atoms with Gasteiger partial charge in [-0.2, -0.15) is 0 Å². The number of carbonyl (C=O) groups excluding carboxylic acids is 1. The van der Waals surface area contributed by atoms with E-state index in [1.54, 1.807) is 13.1 Å². The molecule has 1 atom stereocenters. The molecule has 1 aromatic heterocycles. The Morgan fingerprint density at radius 3 is 2.62 bits per heavy atom. The lowest BCUT2D eigenvalue weighted by Gasteiger charge is -2.37. The number of rotatable bonds is 10. The van der Waals surface area contributed by atoms with Crippen molar-refractivity contribution in [3.05, 3.63) is 71.6 Å². The molecular formula is C27H36N4O3. The molecule has 0 aliphatic carbocycles. The van der Waals surface area contributed by atoms with E-state index in [2.05, 4.69) is 35.4 Å². The molecule has 1 aromatic carbocycles. The van der Waals surface area contributed by atoms with E-state index in [0.29, 0.717) is 30.7 Å². The Bertz CT molecular complexity index is 1100. The van der Waals surface area contributed by atoms with Crippen LogP contribution < -0.4 is 10.1 Å². The van der Waals surface area contributed by atoms with Crippen LogP contribution in [0.15, 0.2) is 65.5 Å². The van der Waals surface area contributed by atoms with Crippen molar-refractivity contribution >= 4 is 12.6 Å². The minimum absolute atomic E-state index is 0. The highest BCUT2D eigenvalue weighted by Crippen LogP contribution is 2.49. The number of aliphatic imine (C=N–C) groups is 1. The van der Waals surface area contributed by atoms with Crippen molar-refractivity contribution in [2.75, 3.05) is 27.4 Å².